The van der Waals surface area contributed by atoms with Crippen LogP contribution >= 0.6 is 0 Å². The highest BCUT2D eigenvalue weighted by Gasteiger charge is 2.19. The second-order valence-electron chi connectivity index (χ2n) is 6.72. The Morgan fingerprint density at radius 1 is 1.00 bits per heavy atom. The molecular weight excluding hydrogens is 370 g/mol. The van der Waals surface area contributed by atoms with Crippen molar-refractivity contribution in [2.75, 3.05) is 7.11 Å². The van der Waals surface area contributed by atoms with Gasteiger partial charge in [0, 0.05) is 22.5 Å². The Morgan fingerprint density at radius 2 is 1.66 bits per heavy atom. The molecule has 1 aromatic carbocycles. The molecule has 146 valence electrons. The lowest BCUT2D eigenvalue weighted by Gasteiger charge is -2.10. The number of carbonyl (C=O) groups is 1. The first-order valence-electron chi connectivity index (χ1n) is 8.96. The van der Waals surface area contributed by atoms with Gasteiger partial charge in [0.1, 0.15) is 5.75 Å². The maximum Gasteiger partial charge on any atom is 0.253 e. The van der Waals surface area contributed by atoms with Crippen LogP contribution in [0, 0.1) is 20.8 Å². The number of nitrogens with zero attached hydrogens (tertiary/aromatic N) is 5. The zero-order valence-corrected chi connectivity index (χ0v) is 16.4. The van der Waals surface area contributed by atoms with Gasteiger partial charge < -0.3 is 14.6 Å². The van der Waals surface area contributed by atoms with Crippen LogP contribution < -0.4 is 9.84 Å². The summed E-state index contributed by atoms with van der Waals surface area (Å²) >= 11 is 0. The molecule has 0 N–H and O–H groups in total. The lowest BCUT2D eigenvalue weighted by molar-refractivity contribution is -0.254. The summed E-state index contributed by atoms with van der Waals surface area (Å²) < 4.78 is 6.66. The molecule has 4 aromatic rings. The van der Waals surface area contributed by atoms with E-state index in [1.54, 1.807) is 26.2 Å². The van der Waals surface area contributed by atoms with Crippen LogP contribution in [0.15, 0.2) is 36.4 Å². The number of pyridine rings is 1. The third-order valence-corrected chi connectivity index (χ3v) is 4.58. The predicted octanol–water partition coefficient (Wildman–Crippen LogP) is 2.17. The molecule has 0 aliphatic rings. The molecule has 0 saturated carbocycles. The highest BCUT2D eigenvalue weighted by Crippen LogP contribution is 2.29. The van der Waals surface area contributed by atoms with E-state index in [4.69, 9.17) is 4.74 Å². The van der Waals surface area contributed by atoms with Gasteiger partial charge in [-0.2, -0.15) is 9.78 Å². The van der Waals surface area contributed by atoms with E-state index in [2.05, 4.69) is 20.1 Å². The molecule has 0 aliphatic carbocycles. The van der Waals surface area contributed by atoms with Crippen LogP contribution in [0.25, 0.3) is 28.2 Å². The second-order valence-corrected chi connectivity index (χ2v) is 6.72. The number of aromatic nitrogens is 5. The number of methoxy groups -OCH3 is 1. The lowest BCUT2D eigenvalue weighted by atomic mass is 10.1. The van der Waals surface area contributed by atoms with Crippen LogP contribution in [0.1, 0.15) is 27.4 Å². The number of ether oxygens (including phenoxy) is 1. The van der Waals surface area contributed by atoms with Gasteiger partial charge >= 0.3 is 0 Å². The minimum Gasteiger partial charge on any atom is -0.545 e. The molecule has 0 unspecified atom stereocenters. The molecule has 0 amide bonds. The van der Waals surface area contributed by atoms with Gasteiger partial charge in [0.2, 0.25) is 0 Å². The zero-order valence-electron chi connectivity index (χ0n) is 16.4. The van der Waals surface area contributed by atoms with Crippen molar-refractivity contribution in [3.63, 3.8) is 0 Å². The van der Waals surface area contributed by atoms with Gasteiger partial charge in [0.05, 0.1) is 29.9 Å². The summed E-state index contributed by atoms with van der Waals surface area (Å²) in [4.78, 5) is 25.4. The Bertz CT molecular complexity index is 1230. The van der Waals surface area contributed by atoms with E-state index in [0.717, 1.165) is 17.0 Å². The first-order valence-corrected chi connectivity index (χ1v) is 8.96. The fourth-order valence-corrected chi connectivity index (χ4v) is 3.30. The summed E-state index contributed by atoms with van der Waals surface area (Å²) in [7, 11) is 1.58. The van der Waals surface area contributed by atoms with Crippen molar-refractivity contribution in [2.45, 2.75) is 20.8 Å². The Hall–Kier alpha value is -3.81. The Kier molecular flexibility index (Phi) is 4.46. The van der Waals surface area contributed by atoms with Gasteiger partial charge in [-0.15, -0.1) is 0 Å². The van der Waals surface area contributed by atoms with Gasteiger partial charge in [-0.1, -0.05) is 0 Å². The quantitative estimate of drug-likeness (QED) is 0.527. The van der Waals surface area contributed by atoms with Crippen LogP contribution in [-0.4, -0.2) is 37.8 Å². The predicted molar refractivity (Wildman–Crippen MR) is 105 cm³/mol. The molecule has 8 heteroatoms. The molecule has 0 fully saturated rings. The van der Waals surface area contributed by atoms with E-state index in [9.17, 15) is 9.90 Å². The first kappa shape index (κ1) is 18.5. The summed E-state index contributed by atoms with van der Waals surface area (Å²) in [5.74, 6) is -0.264. The number of hydrogen-bond donors (Lipinski definition) is 0. The fraction of sp³-hybridized carbons (Fsp3) is 0.190. The third kappa shape index (κ3) is 3.29. The van der Waals surface area contributed by atoms with Gasteiger partial charge in [0.25, 0.3) is 5.95 Å². The summed E-state index contributed by atoms with van der Waals surface area (Å²) in [6, 6.07) is 10.6. The van der Waals surface area contributed by atoms with Crippen molar-refractivity contribution in [3.8, 4) is 23.0 Å². The van der Waals surface area contributed by atoms with Crippen LogP contribution in [0.5, 0.6) is 5.75 Å². The molecule has 8 nitrogen and oxygen atoms in total. The third-order valence-electron chi connectivity index (χ3n) is 4.58. The van der Waals surface area contributed by atoms with Gasteiger partial charge in [-0.25, -0.2) is 15.0 Å². The SMILES string of the molecule is COc1ccc(-c2cc(C(=O)[O-])c3c(C)nn(-c4nc(C)cc(C)n4)c3n2)cc1. The van der Waals surface area contributed by atoms with Crippen molar-refractivity contribution in [1.82, 2.24) is 24.7 Å². The van der Waals surface area contributed by atoms with Crippen LogP contribution in [-0.2, 0) is 0 Å². The number of carbonyl (C=O) groups excluding carboxylic acids is 1. The highest BCUT2D eigenvalue weighted by molar-refractivity contribution is 6.03. The Labute approximate surface area is 166 Å². The van der Waals surface area contributed by atoms with E-state index in [1.807, 2.05) is 32.0 Å². The molecule has 0 bridgehead atoms. The Morgan fingerprint density at radius 3 is 2.24 bits per heavy atom. The summed E-state index contributed by atoms with van der Waals surface area (Å²) in [6.07, 6.45) is 0. The summed E-state index contributed by atoms with van der Waals surface area (Å²) in [5.41, 5.74) is 3.66. The largest absolute Gasteiger partial charge is 0.545 e. The molecule has 3 heterocycles. The zero-order chi connectivity index (χ0) is 20.7. The van der Waals surface area contributed by atoms with E-state index >= 15 is 0 Å². The van der Waals surface area contributed by atoms with E-state index < -0.39 is 5.97 Å². The standard InChI is InChI=1S/C21H19N5O3/c1-11-9-12(2)23-21(22-11)26-19-18(13(3)25-26)16(20(27)28)10-17(24-19)14-5-7-15(29-4)8-6-14/h5-10H,1-4H3,(H,27,28)/p-1. The average molecular weight is 388 g/mol. The number of rotatable bonds is 4. The van der Waals surface area contributed by atoms with Gasteiger partial charge in [0.15, 0.2) is 5.65 Å². The molecular formula is C21H18N5O3-. The molecule has 0 radical (unpaired) electrons. The van der Waals surface area contributed by atoms with Crippen molar-refractivity contribution in [1.29, 1.82) is 0 Å². The molecule has 0 spiro atoms. The number of carboxylic acids is 1. The molecule has 29 heavy (non-hydrogen) atoms. The number of fused-ring (bicyclic) bond motifs is 1. The molecule has 3 aromatic heterocycles. The topological polar surface area (TPSA) is 106 Å². The molecule has 0 aliphatic heterocycles. The smallest absolute Gasteiger partial charge is 0.253 e. The normalized spacial score (nSPS) is 11.0. The maximum absolute atomic E-state index is 11.9. The van der Waals surface area contributed by atoms with E-state index in [-0.39, 0.29) is 5.56 Å². The van der Waals surface area contributed by atoms with Crippen LogP contribution in [0.3, 0.4) is 0 Å². The van der Waals surface area contributed by atoms with Gasteiger partial charge in [-0.05, 0) is 57.2 Å². The van der Waals surface area contributed by atoms with Crippen molar-refractivity contribution in [3.05, 3.63) is 59.0 Å². The monoisotopic (exact) mass is 388 g/mol. The van der Waals surface area contributed by atoms with Crippen LogP contribution in [0.2, 0.25) is 0 Å². The summed E-state index contributed by atoms with van der Waals surface area (Å²) in [5, 5.41) is 16.8. The van der Waals surface area contributed by atoms with E-state index in [0.29, 0.717) is 34.1 Å². The number of aryl methyl sites for hydroxylation is 3. The number of carboxylic acid groups (broad SMARTS) is 1. The number of aromatic carboxylic acids is 1. The van der Waals surface area contributed by atoms with Crippen molar-refractivity contribution in [2.24, 2.45) is 0 Å². The fourth-order valence-electron chi connectivity index (χ4n) is 3.30. The average Bonchev–Trinajstić information content (AvgIpc) is 3.03. The van der Waals surface area contributed by atoms with Gasteiger partial charge in [-0.3, -0.25) is 0 Å². The molecule has 4 rings (SSSR count). The first-order chi connectivity index (χ1) is 13.9. The minimum atomic E-state index is -1.30. The lowest BCUT2D eigenvalue weighted by Crippen LogP contribution is -2.23. The second kappa shape index (κ2) is 6.97. The number of benzene rings is 1. The Balaban J connectivity index is 2.01. The van der Waals surface area contributed by atoms with Crippen molar-refractivity contribution >= 4 is 17.0 Å². The molecule has 0 atom stereocenters. The highest BCUT2D eigenvalue weighted by atomic mass is 16.5. The molecule has 0 saturated heterocycles. The maximum atomic E-state index is 11.9. The van der Waals surface area contributed by atoms with Crippen molar-refractivity contribution < 1.29 is 14.6 Å². The minimum absolute atomic E-state index is 0.0222. The summed E-state index contributed by atoms with van der Waals surface area (Å²) in [6.45, 7) is 5.45. The van der Waals surface area contributed by atoms with Crippen LogP contribution in [0.4, 0.5) is 0 Å². The number of hydrogen-bond acceptors (Lipinski definition) is 7. The van der Waals surface area contributed by atoms with E-state index in [1.165, 1.54) is 10.7 Å².